The molecule has 38 heavy (non-hydrogen) atoms. The first-order valence-corrected chi connectivity index (χ1v) is 12.9. The van der Waals surface area contributed by atoms with E-state index in [1.165, 1.54) is 16.1 Å². The van der Waals surface area contributed by atoms with Gasteiger partial charge in [0.05, 0.1) is 5.71 Å². The molecule has 1 aliphatic heterocycles. The second-order valence-electron chi connectivity index (χ2n) is 10.3. The molecule has 3 aromatic carbocycles. The molecule has 1 aromatic heterocycles. The van der Waals surface area contributed by atoms with E-state index in [-0.39, 0.29) is 0 Å². The van der Waals surface area contributed by atoms with Gasteiger partial charge in [-0.2, -0.15) is 10.1 Å². The number of hydrogen-bond donors (Lipinski definition) is 0. The van der Waals surface area contributed by atoms with Crippen molar-refractivity contribution >= 4 is 23.3 Å². The monoisotopic (exact) mass is 504 g/mol. The van der Waals surface area contributed by atoms with Crippen LogP contribution in [-0.4, -0.2) is 28.9 Å². The van der Waals surface area contributed by atoms with Gasteiger partial charge in [-0.15, -0.1) is 0 Å². The number of carbonyl (C=O) groups excluding carboxylic acids is 1. The van der Waals surface area contributed by atoms with Crippen LogP contribution in [0.5, 0.6) is 0 Å². The molecule has 6 heteroatoms. The molecule has 0 radical (unpaired) electrons. The Morgan fingerprint density at radius 1 is 0.842 bits per heavy atom. The van der Waals surface area contributed by atoms with Crippen LogP contribution in [0.2, 0.25) is 0 Å². The zero-order valence-corrected chi connectivity index (χ0v) is 22.0. The van der Waals surface area contributed by atoms with Crippen molar-refractivity contribution in [3.8, 4) is 0 Å². The minimum Gasteiger partial charge on any atom is -0.442 e. The molecule has 0 unspecified atom stereocenters. The van der Waals surface area contributed by atoms with Gasteiger partial charge in [-0.3, -0.25) is 0 Å². The van der Waals surface area contributed by atoms with Gasteiger partial charge in [-0.05, 0) is 50.5 Å². The van der Waals surface area contributed by atoms with Crippen LogP contribution in [0, 0.1) is 0 Å². The zero-order valence-electron chi connectivity index (χ0n) is 22.0. The summed E-state index contributed by atoms with van der Waals surface area (Å²) in [5, 5.41) is 6.34. The smallest absolute Gasteiger partial charge is 0.435 e. The van der Waals surface area contributed by atoms with E-state index in [0.29, 0.717) is 23.8 Å². The van der Waals surface area contributed by atoms with E-state index in [0.717, 1.165) is 24.1 Å². The van der Waals surface area contributed by atoms with Crippen molar-refractivity contribution in [1.82, 2.24) is 4.98 Å². The van der Waals surface area contributed by atoms with E-state index in [4.69, 9.17) is 14.8 Å². The van der Waals surface area contributed by atoms with Gasteiger partial charge < -0.3 is 9.64 Å². The summed E-state index contributed by atoms with van der Waals surface area (Å²) in [6.45, 7) is 7.06. The number of pyridine rings is 1. The molecule has 0 atom stereocenters. The largest absolute Gasteiger partial charge is 0.442 e. The average molecular weight is 505 g/mol. The van der Waals surface area contributed by atoms with Crippen molar-refractivity contribution in [2.75, 3.05) is 16.5 Å². The van der Waals surface area contributed by atoms with Crippen molar-refractivity contribution in [1.29, 1.82) is 0 Å². The van der Waals surface area contributed by atoms with Crippen LogP contribution in [0.3, 0.4) is 0 Å². The van der Waals surface area contributed by atoms with E-state index in [1.807, 2.05) is 93.6 Å². The molecule has 0 aliphatic carbocycles. The molecule has 4 aromatic rings. The lowest BCUT2D eigenvalue weighted by Gasteiger charge is -2.33. The Bertz CT molecular complexity index is 1390. The normalized spacial score (nSPS) is 12.9. The number of ether oxygens (including phenoxy) is 1. The summed E-state index contributed by atoms with van der Waals surface area (Å²) < 4.78 is 5.86. The van der Waals surface area contributed by atoms with Crippen molar-refractivity contribution in [2.45, 2.75) is 39.3 Å². The Balaban J connectivity index is 1.63. The lowest BCUT2D eigenvalue weighted by Crippen LogP contribution is -2.37. The summed E-state index contributed by atoms with van der Waals surface area (Å²) in [5.41, 5.74) is 4.93. The molecule has 5 rings (SSSR count). The van der Waals surface area contributed by atoms with Gasteiger partial charge in [-0.1, -0.05) is 84.9 Å². The molecule has 1 amide bonds. The first kappa shape index (κ1) is 25.2. The molecule has 2 heterocycles. The first-order chi connectivity index (χ1) is 18.4. The fourth-order valence-corrected chi connectivity index (χ4v) is 4.55. The molecule has 0 spiro atoms. The Labute approximate surface area is 224 Å². The minimum absolute atomic E-state index is 0.562. The molecular formula is C32H32N4O2. The van der Waals surface area contributed by atoms with Gasteiger partial charge in [0.25, 0.3) is 0 Å². The van der Waals surface area contributed by atoms with Crippen molar-refractivity contribution in [3.63, 3.8) is 0 Å². The molecule has 0 N–H and O–H groups in total. The number of hydrazone groups is 1. The molecular weight excluding hydrogens is 472 g/mol. The van der Waals surface area contributed by atoms with Crippen LogP contribution < -0.4 is 9.91 Å². The first-order valence-electron chi connectivity index (χ1n) is 12.9. The maximum Gasteiger partial charge on any atom is 0.435 e. The highest BCUT2D eigenvalue weighted by atomic mass is 16.6. The minimum atomic E-state index is -0.697. The topological polar surface area (TPSA) is 58.0 Å². The Morgan fingerprint density at radius 2 is 1.45 bits per heavy atom. The van der Waals surface area contributed by atoms with Gasteiger partial charge in [0.15, 0.2) is 5.82 Å². The number of hydrogen-bond acceptors (Lipinski definition) is 5. The van der Waals surface area contributed by atoms with Crippen LogP contribution in [0.15, 0.2) is 108 Å². The van der Waals surface area contributed by atoms with Crippen LogP contribution in [0.1, 0.15) is 43.0 Å². The predicted octanol–water partition coefficient (Wildman–Crippen LogP) is 6.84. The fraction of sp³-hybridized carbons (Fsp3) is 0.219. The molecule has 0 saturated carbocycles. The highest BCUT2D eigenvalue weighted by molar-refractivity contribution is 6.14. The summed E-state index contributed by atoms with van der Waals surface area (Å²) in [4.78, 5) is 20.7. The lowest BCUT2D eigenvalue weighted by molar-refractivity contribution is 0.0581. The van der Waals surface area contributed by atoms with Gasteiger partial charge in [0.2, 0.25) is 0 Å². The molecule has 0 bridgehead atoms. The third-order valence-electron chi connectivity index (χ3n) is 6.29. The van der Waals surface area contributed by atoms with Gasteiger partial charge >= 0.3 is 6.09 Å². The maximum absolute atomic E-state index is 13.7. The number of anilines is 2. The number of aromatic nitrogens is 1. The molecule has 0 saturated heterocycles. The van der Waals surface area contributed by atoms with Gasteiger partial charge in [-0.25, -0.2) is 9.78 Å². The van der Waals surface area contributed by atoms with Gasteiger partial charge in [0.1, 0.15) is 11.3 Å². The number of rotatable bonds is 5. The number of benzene rings is 3. The lowest BCUT2D eigenvalue weighted by atomic mass is 10.00. The summed E-state index contributed by atoms with van der Waals surface area (Å²) in [5.74, 6) is 0.692. The number of amides is 1. The molecule has 0 fully saturated rings. The quantitative estimate of drug-likeness (QED) is 0.221. The number of fused-ring (bicyclic) bond motifs is 1. The predicted molar refractivity (Wildman–Crippen MR) is 153 cm³/mol. The highest BCUT2D eigenvalue weighted by Gasteiger charge is 2.29. The van der Waals surface area contributed by atoms with E-state index in [1.54, 1.807) is 6.20 Å². The Morgan fingerprint density at radius 3 is 2.08 bits per heavy atom. The van der Waals surface area contributed by atoms with Crippen LogP contribution in [0.4, 0.5) is 16.3 Å². The SMILES string of the molecule is CC(C)(C)OC(=O)N(N=C(c1ccccc1)c1ccccc1)c1cccnc1N1CCc2ccccc2C1. The summed E-state index contributed by atoms with van der Waals surface area (Å²) in [6.07, 6.45) is 2.10. The maximum atomic E-state index is 13.7. The fourth-order valence-electron chi connectivity index (χ4n) is 4.55. The second-order valence-corrected chi connectivity index (χ2v) is 10.3. The Hall–Kier alpha value is -4.45. The summed E-state index contributed by atoms with van der Waals surface area (Å²) >= 11 is 0. The molecule has 6 nitrogen and oxygen atoms in total. The summed E-state index contributed by atoms with van der Waals surface area (Å²) in [6, 6.07) is 31.9. The molecule has 1 aliphatic rings. The van der Waals surface area contributed by atoms with E-state index in [2.05, 4.69) is 29.2 Å². The van der Waals surface area contributed by atoms with E-state index >= 15 is 0 Å². The van der Waals surface area contributed by atoms with Crippen molar-refractivity contribution in [3.05, 3.63) is 126 Å². The van der Waals surface area contributed by atoms with Crippen LogP contribution in [0.25, 0.3) is 0 Å². The van der Waals surface area contributed by atoms with Crippen LogP contribution in [-0.2, 0) is 17.7 Å². The number of nitrogens with zero attached hydrogens (tertiary/aromatic N) is 4. The van der Waals surface area contributed by atoms with Crippen molar-refractivity contribution < 1.29 is 9.53 Å². The second kappa shape index (κ2) is 10.9. The number of carbonyl (C=O) groups is 1. The van der Waals surface area contributed by atoms with Crippen LogP contribution >= 0.6 is 0 Å². The van der Waals surface area contributed by atoms with E-state index in [9.17, 15) is 4.79 Å². The summed E-state index contributed by atoms with van der Waals surface area (Å²) in [7, 11) is 0. The third kappa shape index (κ3) is 5.75. The third-order valence-corrected chi connectivity index (χ3v) is 6.29. The van der Waals surface area contributed by atoms with Gasteiger partial charge in [0, 0.05) is 30.4 Å². The Kier molecular flexibility index (Phi) is 7.22. The zero-order chi connectivity index (χ0) is 26.5. The average Bonchev–Trinajstić information content (AvgIpc) is 2.93. The van der Waals surface area contributed by atoms with Crippen molar-refractivity contribution in [2.24, 2.45) is 5.10 Å². The molecule has 192 valence electrons. The standard InChI is InChI=1S/C32H32N4O2/c1-32(2,3)38-31(37)36(34-29(25-14-6-4-7-15-25)26-16-8-5-9-17-26)28-19-12-21-33-30(28)35-22-20-24-13-10-11-18-27(24)23-35/h4-19,21H,20,22-23H2,1-3H3. The highest BCUT2D eigenvalue weighted by Crippen LogP contribution is 2.33. The van der Waals surface area contributed by atoms with E-state index < -0.39 is 11.7 Å².